The van der Waals surface area contributed by atoms with Crippen LogP contribution in [0.25, 0.3) is 11.0 Å². The number of rotatable bonds is 3. The zero-order valence-electron chi connectivity index (χ0n) is 13.4. The van der Waals surface area contributed by atoms with Crippen LogP contribution in [0.5, 0.6) is 11.5 Å². The van der Waals surface area contributed by atoms with Crippen LogP contribution in [-0.2, 0) is 14.9 Å². The van der Waals surface area contributed by atoms with E-state index in [1.807, 2.05) is 0 Å². The number of carbonyl (C=O) groups excluding carboxylic acids is 1. The molecule has 0 fully saturated rings. The summed E-state index contributed by atoms with van der Waals surface area (Å²) in [5.41, 5.74) is -0.125. The summed E-state index contributed by atoms with van der Waals surface area (Å²) >= 11 is 6.05. The first-order valence-corrected chi connectivity index (χ1v) is 9.35. The van der Waals surface area contributed by atoms with Gasteiger partial charge in [0.15, 0.2) is 6.61 Å². The number of fused-ring (bicyclic) bond motifs is 2. The summed E-state index contributed by atoms with van der Waals surface area (Å²) in [6.07, 6.45) is 0. The fraction of sp³-hybridized carbons (Fsp3) is 0.0588. The molecular formula is C17H10ClNO7S. The van der Waals surface area contributed by atoms with Gasteiger partial charge in [0, 0.05) is 23.6 Å². The number of carbonyl (C=O) groups is 1. The highest BCUT2D eigenvalue weighted by atomic mass is 35.5. The minimum atomic E-state index is -4.31. The van der Waals surface area contributed by atoms with Gasteiger partial charge in [0.1, 0.15) is 22.0 Å². The van der Waals surface area contributed by atoms with Gasteiger partial charge >= 0.3 is 15.7 Å². The van der Waals surface area contributed by atoms with Crippen LogP contribution in [0, 0.1) is 0 Å². The molecule has 0 unspecified atom stereocenters. The van der Waals surface area contributed by atoms with Crippen molar-refractivity contribution in [3.05, 3.63) is 57.9 Å². The quantitative estimate of drug-likeness (QED) is 0.524. The molecule has 1 N–H and O–H groups in total. The fourth-order valence-corrected chi connectivity index (χ4v) is 3.98. The van der Waals surface area contributed by atoms with Crippen molar-refractivity contribution in [1.29, 1.82) is 0 Å². The van der Waals surface area contributed by atoms with Crippen LogP contribution < -0.4 is 19.9 Å². The third-order valence-electron chi connectivity index (χ3n) is 3.74. The van der Waals surface area contributed by atoms with E-state index < -0.39 is 15.7 Å². The fourth-order valence-electron chi connectivity index (χ4n) is 2.54. The molecule has 0 aliphatic carbocycles. The maximum absolute atomic E-state index is 12.6. The number of ether oxygens (including phenoxy) is 1. The van der Waals surface area contributed by atoms with E-state index in [1.165, 1.54) is 30.3 Å². The number of amides is 1. The molecule has 2 aromatic carbocycles. The Bertz CT molecular complexity index is 1250. The zero-order valence-corrected chi connectivity index (χ0v) is 15.0. The Balaban J connectivity index is 1.72. The van der Waals surface area contributed by atoms with E-state index in [2.05, 4.69) is 5.32 Å². The van der Waals surface area contributed by atoms with Crippen LogP contribution >= 0.6 is 11.6 Å². The molecule has 27 heavy (non-hydrogen) atoms. The summed E-state index contributed by atoms with van der Waals surface area (Å²) < 4.78 is 40.6. The lowest BCUT2D eigenvalue weighted by Gasteiger charge is -2.19. The van der Waals surface area contributed by atoms with Crippen LogP contribution in [0.15, 0.2) is 56.6 Å². The smallest absolute Gasteiger partial charge is 0.340 e. The standard InChI is InChI=1S/C17H10ClNO7S/c18-11-6-12-14(24-8-16(20)19-12)7-15(11)27(22,23)26-10-3-1-9-2-4-17(21)25-13(9)5-10/h1-7H,8H2,(H,19,20). The molecule has 2 heterocycles. The molecule has 0 saturated carbocycles. The van der Waals surface area contributed by atoms with Gasteiger partial charge in [-0.1, -0.05) is 11.6 Å². The molecule has 1 aromatic heterocycles. The van der Waals surface area contributed by atoms with E-state index >= 15 is 0 Å². The van der Waals surface area contributed by atoms with Gasteiger partial charge in [-0.25, -0.2) is 4.79 Å². The van der Waals surface area contributed by atoms with Crippen molar-refractivity contribution in [2.24, 2.45) is 0 Å². The van der Waals surface area contributed by atoms with E-state index in [1.54, 1.807) is 12.1 Å². The second-order valence-electron chi connectivity index (χ2n) is 5.61. The number of anilines is 1. The first-order valence-electron chi connectivity index (χ1n) is 7.56. The van der Waals surface area contributed by atoms with E-state index in [0.717, 1.165) is 0 Å². The molecule has 4 rings (SSSR count). The van der Waals surface area contributed by atoms with Crippen LogP contribution in [-0.4, -0.2) is 20.9 Å². The van der Waals surface area contributed by atoms with Crippen molar-refractivity contribution in [1.82, 2.24) is 0 Å². The van der Waals surface area contributed by atoms with Crippen molar-refractivity contribution in [3.63, 3.8) is 0 Å². The maximum Gasteiger partial charge on any atom is 0.340 e. The van der Waals surface area contributed by atoms with Gasteiger partial charge in [-0.15, -0.1) is 0 Å². The Morgan fingerprint density at radius 1 is 1.07 bits per heavy atom. The zero-order chi connectivity index (χ0) is 19.2. The molecular weight excluding hydrogens is 398 g/mol. The van der Waals surface area contributed by atoms with Crippen LogP contribution in [0.2, 0.25) is 5.02 Å². The predicted molar refractivity (Wildman–Crippen MR) is 95.9 cm³/mol. The molecule has 0 spiro atoms. The lowest BCUT2D eigenvalue weighted by molar-refractivity contribution is -0.118. The summed E-state index contributed by atoms with van der Waals surface area (Å²) in [7, 11) is -4.31. The third kappa shape index (κ3) is 3.34. The molecule has 1 aliphatic heterocycles. The molecule has 10 heteroatoms. The molecule has 8 nitrogen and oxygen atoms in total. The minimum absolute atomic E-state index is 0.0557. The summed E-state index contributed by atoms with van der Waals surface area (Å²) in [6, 6.07) is 9.50. The third-order valence-corrected chi connectivity index (χ3v) is 5.45. The van der Waals surface area contributed by atoms with Crippen LogP contribution in [0.3, 0.4) is 0 Å². The minimum Gasteiger partial charge on any atom is -0.482 e. The van der Waals surface area contributed by atoms with Crippen molar-refractivity contribution in [3.8, 4) is 11.5 Å². The maximum atomic E-state index is 12.6. The SMILES string of the molecule is O=C1COc2cc(S(=O)(=O)Oc3ccc4ccc(=O)oc4c3)c(Cl)cc2N1. The first-order chi connectivity index (χ1) is 12.8. The Hall–Kier alpha value is -3.04. The molecule has 138 valence electrons. The van der Waals surface area contributed by atoms with Gasteiger partial charge in [-0.2, -0.15) is 8.42 Å². The van der Waals surface area contributed by atoms with E-state index in [0.29, 0.717) is 5.39 Å². The van der Waals surface area contributed by atoms with Gasteiger partial charge in [0.25, 0.3) is 5.91 Å². The number of nitrogens with one attached hydrogen (secondary N) is 1. The molecule has 0 bridgehead atoms. The largest absolute Gasteiger partial charge is 0.482 e. The highest BCUT2D eigenvalue weighted by Gasteiger charge is 2.26. The monoisotopic (exact) mass is 407 g/mol. The molecule has 0 radical (unpaired) electrons. The van der Waals surface area contributed by atoms with E-state index in [-0.39, 0.29) is 45.2 Å². The number of benzene rings is 2. The predicted octanol–water partition coefficient (Wildman–Crippen LogP) is 2.54. The van der Waals surface area contributed by atoms with E-state index in [9.17, 15) is 18.0 Å². The molecule has 1 amide bonds. The van der Waals surface area contributed by atoms with Crippen molar-refractivity contribution in [2.75, 3.05) is 11.9 Å². The second-order valence-corrected chi connectivity index (χ2v) is 7.53. The Morgan fingerprint density at radius 2 is 1.85 bits per heavy atom. The van der Waals surface area contributed by atoms with Crippen LogP contribution in [0.4, 0.5) is 5.69 Å². The Labute approximate surface area is 157 Å². The van der Waals surface area contributed by atoms with Gasteiger partial charge in [-0.3, -0.25) is 4.79 Å². The second kappa shape index (κ2) is 6.29. The Kier molecular flexibility index (Phi) is 4.05. The molecule has 1 aliphatic rings. The molecule has 3 aromatic rings. The summed E-state index contributed by atoms with van der Waals surface area (Å²) in [5, 5.41) is 2.99. The van der Waals surface area contributed by atoms with Crippen molar-refractivity contribution >= 4 is 44.3 Å². The summed E-state index contributed by atoms with van der Waals surface area (Å²) in [4.78, 5) is 22.3. The normalized spacial score (nSPS) is 13.6. The van der Waals surface area contributed by atoms with Crippen molar-refractivity contribution in [2.45, 2.75) is 4.90 Å². The van der Waals surface area contributed by atoms with Gasteiger partial charge in [0.05, 0.1) is 10.7 Å². The van der Waals surface area contributed by atoms with Gasteiger partial charge in [-0.05, 0) is 24.3 Å². The molecule has 0 saturated heterocycles. The highest BCUT2D eigenvalue weighted by Crippen LogP contribution is 2.36. The number of hydrogen-bond donors (Lipinski definition) is 1. The van der Waals surface area contributed by atoms with Crippen molar-refractivity contribution < 1.29 is 26.5 Å². The average molecular weight is 408 g/mol. The summed E-state index contributed by atoms with van der Waals surface area (Å²) in [5.74, 6) is -0.270. The van der Waals surface area contributed by atoms with Gasteiger partial charge in [0.2, 0.25) is 0 Å². The van der Waals surface area contributed by atoms with E-state index in [4.69, 9.17) is 24.9 Å². The summed E-state index contributed by atoms with van der Waals surface area (Å²) in [6.45, 7) is -0.237. The average Bonchev–Trinajstić information content (AvgIpc) is 2.60. The Morgan fingerprint density at radius 3 is 2.67 bits per heavy atom. The molecule has 0 atom stereocenters. The highest BCUT2D eigenvalue weighted by molar-refractivity contribution is 7.87. The lowest BCUT2D eigenvalue weighted by Crippen LogP contribution is -2.25. The topological polar surface area (TPSA) is 112 Å². The number of hydrogen-bond acceptors (Lipinski definition) is 7. The van der Waals surface area contributed by atoms with Crippen LogP contribution in [0.1, 0.15) is 0 Å². The first kappa shape index (κ1) is 17.4. The number of halogens is 1. The van der Waals surface area contributed by atoms with Gasteiger partial charge < -0.3 is 18.7 Å². The lowest BCUT2D eigenvalue weighted by atomic mass is 10.2.